The molecule has 294 valence electrons. The molecule has 3 heterocycles. The van der Waals surface area contributed by atoms with Crippen molar-refractivity contribution in [2.75, 3.05) is 0 Å². The van der Waals surface area contributed by atoms with Crippen LogP contribution in [0.1, 0.15) is 19.4 Å². The zero-order chi connectivity index (χ0) is 41.2. The molecule has 0 saturated carbocycles. The summed E-state index contributed by atoms with van der Waals surface area (Å²) < 4.78 is 12.3. The fourth-order valence-corrected chi connectivity index (χ4v) is 29.0. The number of benzene rings is 7. The van der Waals surface area contributed by atoms with Crippen LogP contribution < -0.4 is 35.6 Å². The Balaban J connectivity index is 1.39. The van der Waals surface area contributed by atoms with Crippen molar-refractivity contribution in [2.45, 2.75) is 20.3 Å². The van der Waals surface area contributed by atoms with Crippen molar-refractivity contribution < 1.29 is 0 Å². The molecule has 0 bridgehead atoms. The van der Waals surface area contributed by atoms with E-state index in [0.29, 0.717) is 5.92 Å². The molecular formula is C55H46Ge2N4. The topological polar surface area (TPSA) is 43.6 Å². The summed E-state index contributed by atoms with van der Waals surface area (Å²) in [4.78, 5) is 17.5. The molecule has 10 rings (SSSR count). The first-order chi connectivity index (χ1) is 30.1. The number of aromatic nitrogens is 4. The SMILES string of the molecule is CC(C)Cc1cc2c(n[c]1[Ge]([c]1ccccc1)([c]1ccccc1)[c]1ccccc1)c1n[c]([Ge]([c]3ccccc3)([c]3ccccc3)[c]3ccccc3)ncc1n2-c1ccccc1. The van der Waals surface area contributed by atoms with E-state index in [0.717, 1.165) is 38.8 Å². The quantitative estimate of drug-likeness (QED) is 0.133. The maximum absolute atomic E-state index is 6.14. The molecule has 4 nitrogen and oxygen atoms in total. The van der Waals surface area contributed by atoms with Gasteiger partial charge in [-0.2, -0.15) is 0 Å². The first-order valence-corrected chi connectivity index (χ1v) is 29.6. The van der Waals surface area contributed by atoms with Gasteiger partial charge in [0.05, 0.1) is 0 Å². The van der Waals surface area contributed by atoms with E-state index in [1.54, 1.807) is 0 Å². The van der Waals surface area contributed by atoms with Gasteiger partial charge in [0.2, 0.25) is 0 Å². The van der Waals surface area contributed by atoms with Crippen LogP contribution in [0, 0.1) is 5.92 Å². The Labute approximate surface area is 363 Å². The summed E-state index contributed by atoms with van der Waals surface area (Å²) in [7, 11) is 0. The summed E-state index contributed by atoms with van der Waals surface area (Å²) in [5.41, 5.74) is 6.14. The summed E-state index contributed by atoms with van der Waals surface area (Å²) in [5, 5.41) is 0. The molecule has 0 N–H and O–H groups in total. The molecule has 0 atom stereocenters. The molecule has 0 spiro atoms. The monoisotopic (exact) mass is 910 g/mol. The van der Waals surface area contributed by atoms with Crippen LogP contribution in [-0.2, 0) is 6.42 Å². The zero-order valence-electron chi connectivity index (χ0n) is 34.4. The van der Waals surface area contributed by atoms with Crippen molar-refractivity contribution in [1.82, 2.24) is 19.5 Å². The van der Waals surface area contributed by atoms with Gasteiger partial charge in [0.1, 0.15) is 0 Å². The van der Waals surface area contributed by atoms with Crippen molar-refractivity contribution in [3.63, 3.8) is 0 Å². The third-order valence-corrected chi connectivity index (χ3v) is 31.5. The van der Waals surface area contributed by atoms with E-state index >= 15 is 0 Å². The number of para-hydroxylation sites is 1. The minimum atomic E-state index is -3.85. The Kier molecular flexibility index (Phi) is 10.6. The number of fused-ring (bicyclic) bond motifs is 3. The molecule has 7 aromatic carbocycles. The molecule has 0 saturated heterocycles. The number of nitrogens with zero attached hydrogens (tertiary/aromatic N) is 4. The molecule has 61 heavy (non-hydrogen) atoms. The van der Waals surface area contributed by atoms with Gasteiger partial charge in [-0.3, -0.25) is 0 Å². The van der Waals surface area contributed by atoms with Crippen LogP contribution in [0.25, 0.3) is 27.8 Å². The van der Waals surface area contributed by atoms with E-state index in [1.165, 1.54) is 36.5 Å². The van der Waals surface area contributed by atoms with E-state index < -0.39 is 26.5 Å². The Hall–Kier alpha value is -6.34. The van der Waals surface area contributed by atoms with Gasteiger partial charge in [-0.1, -0.05) is 0 Å². The summed E-state index contributed by atoms with van der Waals surface area (Å²) in [6.07, 6.45) is 2.97. The van der Waals surface area contributed by atoms with Crippen LogP contribution in [0.2, 0.25) is 0 Å². The van der Waals surface area contributed by atoms with Crippen LogP contribution in [0.4, 0.5) is 0 Å². The maximum atomic E-state index is 6.14. The standard InChI is InChI=1S/C55H46Ge2N4/c1-41(2)38-42-39-50-52(59-54(42)56(43-24-10-3-11-25-43,44-26-12-4-13-27-44)45-28-14-5-15-29-45)53-51(61(50)49-36-22-9-23-37-49)40-58-55(60-53)57(46-30-16-6-17-31-46,47-32-18-7-19-33-47)48-34-20-8-21-35-48/h3-37,39-41H,38H2,1-2H3. The van der Waals surface area contributed by atoms with Gasteiger partial charge < -0.3 is 0 Å². The number of pyridine rings is 1. The van der Waals surface area contributed by atoms with Gasteiger partial charge in [0, 0.05) is 0 Å². The molecular weight excluding hydrogens is 862 g/mol. The van der Waals surface area contributed by atoms with Gasteiger partial charge in [-0.05, 0) is 0 Å². The van der Waals surface area contributed by atoms with Gasteiger partial charge in [0.15, 0.2) is 0 Å². The van der Waals surface area contributed by atoms with E-state index in [4.69, 9.17) is 15.0 Å². The predicted molar refractivity (Wildman–Crippen MR) is 260 cm³/mol. The second kappa shape index (κ2) is 16.6. The minimum absolute atomic E-state index is 0.401. The van der Waals surface area contributed by atoms with Crippen LogP contribution in [0.3, 0.4) is 0 Å². The Morgan fingerprint density at radius 2 is 0.787 bits per heavy atom. The molecule has 0 aliphatic carbocycles. The van der Waals surface area contributed by atoms with Crippen molar-refractivity contribution in [3.05, 3.63) is 230 Å². The number of hydrogen-bond donors (Lipinski definition) is 0. The number of rotatable bonds is 11. The van der Waals surface area contributed by atoms with Gasteiger partial charge in [-0.15, -0.1) is 0 Å². The average Bonchev–Trinajstić information content (AvgIpc) is 3.64. The molecule has 0 aliphatic heterocycles. The van der Waals surface area contributed by atoms with E-state index in [9.17, 15) is 0 Å². The van der Waals surface area contributed by atoms with Crippen molar-refractivity contribution in [3.8, 4) is 5.69 Å². The van der Waals surface area contributed by atoms with Gasteiger partial charge in [-0.25, -0.2) is 0 Å². The van der Waals surface area contributed by atoms with E-state index in [2.05, 4.69) is 243 Å². The molecule has 0 aliphatic rings. The Morgan fingerprint density at radius 1 is 0.426 bits per heavy atom. The average molecular weight is 908 g/mol. The molecule has 3 aromatic heterocycles. The summed E-state index contributed by atoms with van der Waals surface area (Å²) >= 11 is -7.70. The van der Waals surface area contributed by atoms with E-state index in [1.807, 2.05) is 0 Å². The Bertz CT molecular complexity index is 2860. The summed E-state index contributed by atoms with van der Waals surface area (Å²) in [6.45, 7) is 4.65. The first kappa shape index (κ1) is 38.8. The molecule has 6 heteroatoms. The van der Waals surface area contributed by atoms with Crippen LogP contribution in [-0.4, -0.2) is 46.1 Å². The second-order valence-electron chi connectivity index (χ2n) is 16.3. The normalized spacial score (nSPS) is 12.0. The van der Waals surface area contributed by atoms with Crippen LogP contribution in [0.15, 0.2) is 225 Å². The Morgan fingerprint density at radius 3 is 1.18 bits per heavy atom. The third-order valence-electron chi connectivity index (χ3n) is 12.1. The molecule has 0 amide bonds. The predicted octanol–water partition coefficient (Wildman–Crippen LogP) is 6.92. The van der Waals surface area contributed by atoms with E-state index in [-0.39, 0.29) is 0 Å². The summed E-state index contributed by atoms with van der Waals surface area (Å²) in [5.74, 6) is 0.401. The summed E-state index contributed by atoms with van der Waals surface area (Å²) in [6, 6.07) is 79.8. The molecule has 0 fully saturated rings. The van der Waals surface area contributed by atoms with Crippen molar-refractivity contribution >= 4 is 84.2 Å². The van der Waals surface area contributed by atoms with Crippen molar-refractivity contribution in [2.24, 2.45) is 5.92 Å². The van der Waals surface area contributed by atoms with Crippen LogP contribution >= 0.6 is 0 Å². The molecule has 0 unspecified atom stereocenters. The second-order valence-corrected chi connectivity index (χ2v) is 31.8. The fourth-order valence-electron chi connectivity index (χ4n) is 9.61. The van der Waals surface area contributed by atoms with Gasteiger partial charge in [0.25, 0.3) is 0 Å². The molecule has 10 aromatic rings. The van der Waals surface area contributed by atoms with Crippen molar-refractivity contribution in [1.29, 1.82) is 0 Å². The van der Waals surface area contributed by atoms with Gasteiger partial charge >= 0.3 is 366 Å². The first-order valence-electron chi connectivity index (χ1n) is 21.2. The third kappa shape index (κ3) is 6.66. The fraction of sp³-hybridized carbons (Fsp3) is 0.0727. The van der Waals surface area contributed by atoms with Crippen LogP contribution in [0.5, 0.6) is 0 Å². The molecule has 0 radical (unpaired) electrons. The zero-order valence-corrected chi connectivity index (χ0v) is 38.6. The number of hydrogen-bond acceptors (Lipinski definition) is 3.